The van der Waals surface area contributed by atoms with Crippen molar-refractivity contribution in [3.8, 4) is 22.6 Å². The van der Waals surface area contributed by atoms with Gasteiger partial charge in [0.05, 0.1) is 31.1 Å². The van der Waals surface area contributed by atoms with E-state index in [1.54, 1.807) is 25.6 Å². The first kappa shape index (κ1) is 22.4. The number of methoxy groups -OCH3 is 2. The van der Waals surface area contributed by atoms with E-state index in [4.69, 9.17) is 19.4 Å². The van der Waals surface area contributed by atoms with Gasteiger partial charge in [-0.3, -0.25) is 4.90 Å². The molecule has 2 aromatic heterocycles. The number of sulfone groups is 1. The molecule has 0 saturated carbocycles. The number of benzene rings is 1. The first-order valence-electron chi connectivity index (χ1n) is 11.1. The quantitative estimate of drug-likeness (QED) is 0.542. The van der Waals surface area contributed by atoms with Gasteiger partial charge < -0.3 is 14.4 Å². The highest BCUT2D eigenvalue weighted by Crippen LogP contribution is 2.41. The van der Waals surface area contributed by atoms with Crippen LogP contribution >= 0.6 is 11.3 Å². The molecule has 2 saturated heterocycles. The summed E-state index contributed by atoms with van der Waals surface area (Å²) in [6.07, 6.45) is 0.743. The SMILES string of the molecule is COc1ccc(-c2csc3nc(C)nc(N4CCN(C5CCS(=O)(=O)C5)CC4)c23)cc1OC. The van der Waals surface area contributed by atoms with Gasteiger partial charge in [-0.25, -0.2) is 18.4 Å². The Hall–Kier alpha value is -2.43. The molecule has 1 aromatic carbocycles. The van der Waals surface area contributed by atoms with Crippen molar-refractivity contribution in [2.75, 3.05) is 56.8 Å². The van der Waals surface area contributed by atoms with Crippen molar-refractivity contribution in [2.24, 2.45) is 0 Å². The van der Waals surface area contributed by atoms with E-state index in [0.717, 1.165) is 65.6 Å². The van der Waals surface area contributed by atoms with Gasteiger partial charge in [0.15, 0.2) is 21.3 Å². The summed E-state index contributed by atoms with van der Waals surface area (Å²) in [6.45, 7) is 5.21. The Labute approximate surface area is 198 Å². The fourth-order valence-corrected chi connectivity index (χ4v) is 7.58. The van der Waals surface area contributed by atoms with Gasteiger partial charge in [0.1, 0.15) is 16.5 Å². The third kappa shape index (κ3) is 4.27. The molecule has 2 aliphatic heterocycles. The van der Waals surface area contributed by atoms with E-state index in [9.17, 15) is 8.42 Å². The lowest BCUT2D eigenvalue weighted by molar-refractivity contribution is 0.200. The molecular formula is C23H28N4O4S2. The maximum Gasteiger partial charge on any atom is 0.161 e. The smallest absolute Gasteiger partial charge is 0.161 e. The molecule has 2 aliphatic rings. The molecule has 1 unspecified atom stereocenters. The van der Waals surface area contributed by atoms with Crippen LogP contribution in [0.4, 0.5) is 5.82 Å². The Morgan fingerprint density at radius 2 is 1.82 bits per heavy atom. The Balaban J connectivity index is 1.46. The lowest BCUT2D eigenvalue weighted by Crippen LogP contribution is -2.51. The fourth-order valence-electron chi connectivity index (χ4n) is 4.83. The van der Waals surface area contributed by atoms with Gasteiger partial charge in [-0.15, -0.1) is 11.3 Å². The highest BCUT2D eigenvalue weighted by molar-refractivity contribution is 7.91. The van der Waals surface area contributed by atoms with Crippen molar-refractivity contribution in [1.82, 2.24) is 14.9 Å². The van der Waals surface area contributed by atoms with Gasteiger partial charge in [0.25, 0.3) is 0 Å². The normalized spacial score (nSPS) is 20.9. The standard InChI is InChI=1S/C23H28N4O4S2/c1-15-24-22(27-9-7-26(8-10-27)17-6-11-33(28,29)14-17)21-18(13-32-23(21)25-15)16-4-5-19(30-2)20(12-16)31-3/h4-5,12-13,17H,6-11,14H2,1-3H3. The summed E-state index contributed by atoms with van der Waals surface area (Å²) in [6, 6.07) is 6.08. The van der Waals surface area contributed by atoms with Crippen molar-refractivity contribution >= 4 is 37.2 Å². The lowest BCUT2D eigenvalue weighted by atomic mass is 10.0. The number of thiophene rings is 1. The largest absolute Gasteiger partial charge is 0.493 e. The van der Waals surface area contributed by atoms with E-state index in [-0.39, 0.29) is 11.8 Å². The first-order chi connectivity index (χ1) is 15.9. The maximum atomic E-state index is 11.9. The van der Waals surface area contributed by atoms with E-state index in [0.29, 0.717) is 17.3 Å². The molecule has 0 aliphatic carbocycles. The van der Waals surface area contributed by atoms with Crippen LogP contribution in [0.2, 0.25) is 0 Å². The number of piperazine rings is 1. The van der Waals surface area contributed by atoms with Crippen LogP contribution in [0.1, 0.15) is 12.2 Å². The van der Waals surface area contributed by atoms with E-state index in [2.05, 4.69) is 15.2 Å². The number of fused-ring (bicyclic) bond motifs is 1. The molecule has 176 valence electrons. The van der Waals surface area contributed by atoms with Gasteiger partial charge in [-0.05, 0) is 31.0 Å². The third-order valence-corrected chi connectivity index (χ3v) is 9.18. The summed E-state index contributed by atoms with van der Waals surface area (Å²) in [5, 5.41) is 3.18. The van der Waals surface area contributed by atoms with Gasteiger partial charge in [-0.1, -0.05) is 6.07 Å². The number of nitrogens with zero attached hydrogens (tertiary/aromatic N) is 4. The van der Waals surface area contributed by atoms with Crippen molar-refractivity contribution in [1.29, 1.82) is 0 Å². The molecule has 4 heterocycles. The first-order valence-corrected chi connectivity index (χ1v) is 13.8. The highest BCUT2D eigenvalue weighted by Gasteiger charge is 2.34. The minimum absolute atomic E-state index is 0.146. The second kappa shape index (κ2) is 8.73. The number of rotatable bonds is 5. The molecular weight excluding hydrogens is 460 g/mol. The number of aromatic nitrogens is 2. The minimum atomic E-state index is -2.88. The second-order valence-electron chi connectivity index (χ2n) is 8.57. The molecule has 3 aromatic rings. The molecule has 2 fully saturated rings. The van der Waals surface area contributed by atoms with Crippen LogP contribution in [-0.4, -0.2) is 81.2 Å². The second-order valence-corrected chi connectivity index (χ2v) is 11.7. The number of hydrogen-bond acceptors (Lipinski definition) is 9. The van der Waals surface area contributed by atoms with Crippen LogP contribution < -0.4 is 14.4 Å². The Morgan fingerprint density at radius 1 is 1.06 bits per heavy atom. The molecule has 5 rings (SSSR count). The monoisotopic (exact) mass is 488 g/mol. The van der Waals surface area contributed by atoms with Crippen molar-refractivity contribution in [3.63, 3.8) is 0 Å². The molecule has 33 heavy (non-hydrogen) atoms. The van der Waals surface area contributed by atoms with E-state index >= 15 is 0 Å². The predicted molar refractivity (Wildman–Crippen MR) is 132 cm³/mol. The Bertz CT molecular complexity index is 1280. The summed E-state index contributed by atoms with van der Waals surface area (Å²) in [5.41, 5.74) is 2.11. The molecule has 10 heteroatoms. The number of hydrogen-bond donors (Lipinski definition) is 0. The van der Waals surface area contributed by atoms with Crippen molar-refractivity contribution < 1.29 is 17.9 Å². The molecule has 8 nitrogen and oxygen atoms in total. The zero-order valence-corrected chi connectivity index (χ0v) is 20.7. The summed E-state index contributed by atoms with van der Waals surface area (Å²) < 4.78 is 34.7. The van der Waals surface area contributed by atoms with Crippen LogP contribution in [0, 0.1) is 6.92 Å². The van der Waals surface area contributed by atoms with Gasteiger partial charge >= 0.3 is 0 Å². The lowest BCUT2D eigenvalue weighted by Gasteiger charge is -2.38. The summed E-state index contributed by atoms with van der Waals surface area (Å²) >= 11 is 1.62. The maximum absolute atomic E-state index is 11.9. The van der Waals surface area contributed by atoms with E-state index in [1.807, 2.05) is 25.1 Å². The zero-order valence-electron chi connectivity index (χ0n) is 19.1. The average molecular weight is 489 g/mol. The van der Waals surface area contributed by atoms with Gasteiger partial charge in [-0.2, -0.15) is 0 Å². The summed E-state index contributed by atoms with van der Waals surface area (Å²) in [7, 11) is 0.393. The summed E-state index contributed by atoms with van der Waals surface area (Å²) in [5.74, 6) is 3.68. The Kier molecular flexibility index (Phi) is 5.92. The number of aryl methyl sites for hydroxylation is 1. The third-order valence-electron chi connectivity index (χ3n) is 6.56. The Morgan fingerprint density at radius 3 is 2.48 bits per heavy atom. The number of anilines is 1. The summed E-state index contributed by atoms with van der Waals surface area (Å²) in [4.78, 5) is 15.2. The average Bonchev–Trinajstić information content (AvgIpc) is 3.41. The van der Waals surface area contributed by atoms with E-state index in [1.165, 1.54) is 0 Å². The van der Waals surface area contributed by atoms with Crippen LogP contribution in [0.5, 0.6) is 11.5 Å². The molecule has 1 atom stereocenters. The van der Waals surface area contributed by atoms with Crippen LogP contribution in [0.25, 0.3) is 21.3 Å². The fraction of sp³-hybridized carbons (Fsp3) is 0.478. The molecule has 0 radical (unpaired) electrons. The van der Waals surface area contributed by atoms with Crippen LogP contribution in [0.15, 0.2) is 23.6 Å². The number of ether oxygens (including phenoxy) is 2. The van der Waals surface area contributed by atoms with Crippen molar-refractivity contribution in [2.45, 2.75) is 19.4 Å². The van der Waals surface area contributed by atoms with Crippen LogP contribution in [-0.2, 0) is 9.84 Å². The predicted octanol–water partition coefficient (Wildman–Crippen LogP) is 2.99. The molecule has 0 amide bonds. The van der Waals surface area contributed by atoms with Crippen LogP contribution in [0.3, 0.4) is 0 Å². The minimum Gasteiger partial charge on any atom is -0.493 e. The topological polar surface area (TPSA) is 84.9 Å². The van der Waals surface area contributed by atoms with Crippen molar-refractivity contribution in [3.05, 3.63) is 29.4 Å². The molecule has 0 spiro atoms. The van der Waals surface area contributed by atoms with E-state index < -0.39 is 9.84 Å². The van der Waals surface area contributed by atoms with Gasteiger partial charge in [0.2, 0.25) is 0 Å². The molecule has 0 bridgehead atoms. The van der Waals surface area contributed by atoms with Gasteiger partial charge in [0, 0.05) is 43.2 Å². The molecule has 0 N–H and O–H groups in total. The highest BCUT2D eigenvalue weighted by atomic mass is 32.2. The zero-order chi connectivity index (χ0) is 23.2.